The van der Waals surface area contributed by atoms with Gasteiger partial charge in [-0.15, -0.1) is 11.3 Å². The molecule has 0 amide bonds. The van der Waals surface area contributed by atoms with Gasteiger partial charge in [-0.25, -0.2) is 0 Å². The Balaban J connectivity index is 2.10. The number of hydrogen-bond donors (Lipinski definition) is 1. The second-order valence-electron chi connectivity index (χ2n) is 5.47. The molecular weight excluding hydrogens is 238 g/mol. The van der Waals surface area contributed by atoms with Crippen LogP contribution in [0.2, 0.25) is 0 Å². The average Bonchev–Trinajstić information content (AvgIpc) is 2.99. The first kappa shape index (κ1) is 11.9. The van der Waals surface area contributed by atoms with E-state index in [0.717, 1.165) is 13.1 Å². The van der Waals surface area contributed by atoms with Crippen LogP contribution in [0.1, 0.15) is 24.5 Å². The zero-order valence-electron chi connectivity index (χ0n) is 11.0. The monoisotopic (exact) mass is 257 g/mol. The number of benzene rings is 1. The fourth-order valence-corrected chi connectivity index (χ4v) is 4.01. The molecule has 2 heteroatoms. The fourth-order valence-electron chi connectivity index (χ4n) is 2.87. The molecule has 2 aromatic rings. The Morgan fingerprint density at radius 1 is 1.22 bits per heavy atom. The lowest BCUT2D eigenvalue weighted by atomic mass is 9.81. The molecule has 3 rings (SSSR count). The normalized spacial score (nSPS) is 23.4. The first-order valence-electron chi connectivity index (χ1n) is 6.55. The first-order chi connectivity index (χ1) is 8.71. The third-order valence-electron chi connectivity index (χ3n) is 4.07. The molecule has 1 aliphatic rings. The summed E-state index contributed by atoms with van der Waals surface area (Å²) in [5.41, 5.74) is 4.59. The SMILES string of the molecule is Cc1ccccc1-c1sccc1C1(C)CCNC1. The molecule has 1 aromatic heterocycles. The minimum atomic E-state index is 0.303. The molecule has 0 bridgehead atoms. The maximum absolute atomic E-state index is 3.50. The summed E-state index contributed by atoms with van der Waals surface area (Å²) < 4.78 is 0. The molecule has 0 spiro atoms. The number of rotatable bonds is 2. The summed E-state index contributed by atoms with van der Waals surface area (Å²) in [7, 11) is 0. The summed E-state index contributed by atoms with van der Waals surface area (Å²) in [4.78, 5) is 1.46. The van der Waals surface area contributed by atoms with Crippen molar-refractivity contribution in [1.82, 2.24) is 5.32 Å². The minimum absolute atomic E-state index is 0.303. The average molecular weight is 257 g/mol. The molecule has 1 aromatic carbocycles. The highest BCUT2D eigenvalue weighted by molar-refractivity contribution is 7.13. The zero-order valence-corrected chi connectivity index (χ0v) is 11.8. The van der Waals surface area contributed by atoms with Gasteiger partial charge in [-0.3, -0.25) is 0 Å². The van der Waals surface area contributed by atoms with E-state index in [-0.39, 0.29) is 0 Å². The van der Waals surface area contributed by atoms with Crippen molar-refractivity contribution in [2.75, 3.05) is 13.1 Å². The molecule has 0 radical (unpaired) electrons. The summed E-state index contributed by atoms with van der Waals surface area (Å²) in [6, 6.07) is 11.0. The molecule has 0 aliphatic carbocycles. The lowest BCUT2D eigenvalue weighted by Crippen LogP contribution is -2.24. The summed E-state index contributed by atoms with van der Waals surface area (Å²) in [6.45, 7) is 6.83. The van der Waals surface area contributed by atoms with Crippen molar-refractivity contribution in [3.05, 3.63) is 46.8 Å². The molecule has 1 N–H and O–H groups in total. The highest BCUT2D eigenvalue weighted by atomic mass is 32.1. The maximum atomic E-state index is 3.50. The van der Waals surface area contributed by atoms with Crippen molar-refractivity contribution in [2.24, 2.45) is 0 Å². The van der Waals surface area contributed by atoms with Gasteiger partial charge in [-0.2, -0.15) is 0 Å². The molecule has 0 saturated carbocycles. The number of hydrogen-bond acceptors (Lipinski definition) is 2. The Morgan fingerprint density at radius 2 is 2.06 bits per heavy atom. The zero-order chi connectivity index (χ0) is 12.6. The molecule has 1 aliphatic heterocycles. The first-order valence-corrected chi connectivity index (χ1v) is 7.43. The van der Waals surface area contributed by atoms with Gasteiger partial charge in [0.15, 0.2) is 0 Å². The summed E-state index contributed by atoms with van der Waals surface area (Å²) in [5.74, 6) is 0. The summed E-state index contributed by atoms with van der Waals surface area (Å²) in [5, 5.41) is 5.74. The largest absolute Gasteiger partial charge is 0.316 e. The molecule has 2 heterocycles. The van der Waals surface area contributed by atoms with Gasteiger partial charge in [-0.05, 0) is 48.0 Å². The van der Waals surface area contributed by atoms with Gasteiger partial charge in [0.1, 0.15) is 0 Å². The maximum Gasteiger partial charge on any atom is 0.0383 e. The Kier molecular flexibility index (Phi) is 3.00. The van der Waals surface area contributed by atoms with Crippen molar-refractivity contribution < 1.29 is 0 Å². The molecule has 1 nitrogen and oxygen atoms in total. The van der Waals surface area contributed by atoms with Crippen molar-refractivity contribution in [3.8, 4) is 10.4 Å². The van der Waals surface area contributed by atoms with E-state index in [4.69, 9.17) is 0 Å². The van der Waals surface area contributed by atoms with Gasteiger partial charge in [0, 0.05) is 16.8 Å². The van der Waals surface area contributed by atoms with Gasteiger partial charge in [0.05, 0.1) is 0 Å². The Morgan fingerprint density at radius 3 is 2.78 bits per heavy atom. The number of nitrogens with one attached hydrogen (secondary N) is 1. The smallest absolute Gasteiger partial charge is 0.0383 e. The van der Waals surface area contributed by atoms with Crippen molar-refractivity contribution in [1.29, 1.82) is 0 Å². The van der Waals surface area contributed by atoms with Gasteiger partial charge in [-0.1, -0.05) is 31.2 Å². The van der Waals surface area contributed by atoms with E-state index in [1.54, 1.807) is 0 Å². The van der Waals surface area contributed by atoms with Crippen LogP contribution >= 0.6 is 11.3 Å². The van der Waals surface area contributed by atoms with Crippen LogP contribution in [0.25, 0.3) is 10.4 Å². The van der Waals surface area contributed by atoms with Gasteiger partial charge in [0.25, 0.3) is 0 Å². The molecule has 1 fully saturated rings. The lowest BCUT2D eigenvalue weighted by Gasteiger charge is -2.24. The molecule has 1 unspecified atom stereocenters. The van der Waals surface area contributed by atoms with E-state index in [2.05, 4.69) is 54.9 Å². The van der Waals surface area contributed by atoms with Gasteiger partial charge < -0.3 is 5.32 Å². The molecule has 1 saturated heterocycles. The second-order valence-corrected chi connectivity index (χ2v) is 6.38. The van der Waals surface area contributed by atoms with E-state index < -0.39 is 0 Å². The van der Waals surface area contributed by atoms with Crippen LogP contribution in [0.5, 0.6) is 0 Å². The number of aryl methyl sites for hydroxylation is 1. The number of thiophene rings is 1. The Labute approximate surface area is 113 Å². The topological polar surface area (TPSA) is 12.0 Å². The van der Waals surface area contributed by atoms with Crippen LogP contribution in [0, 0.1) is 6.92 Å². The summed E-state index contributed by atoms with van der Waals surface area (Å²) >= 11 is 1.87. The third kappa shape index (κ3) is 1.90. The van der Waals surface area contributed by atoms with Gasteiger partial charge >= 0.3 is 0 Å². The van der Waals surface area contributed by atoms with Crippen LogP contribution in [0.3, 0.4) is 0 Å². The van der Waals surface area contributed by atoms with Crippen LogP contribution in [-0.2, 0) is 5.41 Å². The van der Waals surface area contributed by atoms with E-state index in [1.165, 1.54) is 28.0 Å². The Hall–Kier alpha value is -1.12. The van der Waals surface area contributed by atoms with E-state index in [0.29, 0.717) is 5.41 Å². The van der Waals surface area contributed by atoms with Crippen molar-refractivity contribution in [3.63, 3.8) is 0 Å². The highest BCUT2D eigenvalue weighted by Gasteiger charge is 2.33. The van der Waals surface area contributed by atoms with Crippen LogP contribution < -0.4 is 5.32 Å². The molecule has 94 valence electrons. The predicted molar refractivity (Wildman–Crippen MR) is 79.3 cm³/mol. The third-order valence-corrected chi connectivity index (χ3v) is 5.02. The minimum Gasteiger partial charge on any atom is -0.316 e. The van der Waals surface area contributed by atoms with Gasteiger partial charge in [0.2, 0.25) is 0 Å². The predicted octanol–water partition coefficient (Wildman–Crippen LogP) is 3.97. The molecule has 18 heavy (non-hydrogen) atoms. The Bertz CT molecular complexity index is 550. The van der Waals surface area contributed by atoms with Crippen LogP contribution in [-0.4, -0.2) is 13.1 Å². The van der Waals surface area contributed by atoms with Crippen LogP contribution in [0.15, 0.2) is 35.7 Å². The standard InChI is InChI=1S/C16H19NS/c1-12-5-3-4-6-13(12)15-14(7-10-18-15)16(2)8-9-17-11-16/h3-7,10,17H,8-9,11H2,1-2H3. The van der Waals surface area contributed by atoms with E-state index >= 15 is 0 Å². The summed E-state index contributed by atoms with van der Waals surface area (Å²) in [6.07, 6.45) is 1.24. The van der Waals surface area contributed by atoms with E-state index in [9.17, 15) is 0 Å². The van der Waals surface area contributed by atoms with Crippen LogP contribution in [0.4, 0.5) is 0 Å². The molecule has 1 atom stereocenters. The van der Waals surface area contributed by atoms with E-state index in [1.807, 2.05) is 11.3 Å². The quantitative estimate of drug-likeness (QED) is 0.858. The lowest BCUT2D eigenvalue weighted by molar-refractivity contribution is 0.528. The van der Waals surface area contributed by atoms with Crippen molar-refractivity contribution in [2.45, 2.75) is 25.7 Å². The second kappa shape index (κ2) is 4.52. The highest BCUT2D eigenvalue weighted by Crippen LogP contribution is 2.41. The fraction of sp³-hybridized carbons (Fsp3) is 0.375. The van der Waals surface area contributed by atoms with Crippen molar-refractivity contribution >= 4 is 11.3 Å². The molecular formula is C16H19NS.